The number of carbonyl (C=O) groups excluding carboxylic acids is 2. The van der Waals surface area contributed by atoms with Crippen LogP contribution in [-0.2, 0) is 12.8 Å². The zero-order valence-electron chi connectivity index (χ0n) is 11.2. The first-order valence-electron chi connectivity index (χ1n) is 6.96. The Kier molecular flexibility index (Phi) is 3.79. The quantitative estimate of drug-likeness (QED) is 0.775. The van der Waals surface area contributed by atoms with Crippen molar-refractivity contribution in [2.45, 2.75) is 32.1 Å². The monoisotopic (exact) mass is 284 g/mol. The third-order valence-corrected chi connectivity index (χ3v) is 4.71. The fourth-order valence-electron chi connectivity index (χ4n) is 2.68. The van der Waals surface area contributed by atoms with Gasteiger partial charge in [-0.05, 0) is 47.9 Å². The molecule has 0 radical (unpaired) electrons. The number of ketones is 2. The summed E-state index contributed by atoms with van der Waals surface area (Å²) in [6, 6.07) is 9.66. The van der Waals surface area contributed by atoms with Crippen LogP contribution >= 0.6 is 11.3 Å². The minimum Gasteiger partial charge on any atom is -0.294 e. The molecule has 1 heterocycles. The van der Waals surface area contributed by atoms with Crippen molar-refractivity contribution in [2.24, 2.45) is 0 Å². The van der Waals surface area contributed by atoms with Gasteiger partial charge in [0.05, 0.1) is 4.88 Å². The Morgan fingerprint density at radius 2 is 1.80 bits per heavy atom. The first-order valence-corrected chi connectivity index (χ1v) is 7.84. The van der Waals surface area contributed by atoms with Crippen molar-refractivity contribution in [1.82, 2.24) is 0 Å². The molecule has 0 unspecified atom stereocenters. The number of hydrogen-bond donors (Lipinski definition) is 0. The number of rotatable bonds is 5. The van der Waals surface area contributed by atoms with E-state index in [-0.39, 0.29) is 11.6 Å². The predicted molar refractivity (Wildman–Crippen MR) is 80.7 cm³/mol. The van der Waals surface area contributed by atoms with Gasteiger partial charge in [0.15, 0.2) is 11.6 Å². The SMILES string of the molecule is O=C(CCC(=O)c1cccs1)c1ccc2c(c1)CCC2. The van der Waals surface area contributed by atoms with E-state index < -0.39 is 0 Å². The normalized spacial score (nSPS) is 13.2. The van der Waals surface area contributed by atoms with E-state index in [0.29, 0.717) is 12.8 Å². The molecule has 2 nitrogen and oxygen atoms in total. The molecule has 1 aliphatic rings. The molecule has 0 N–H and O–H groups in total. The van der Waals surface area contributed by atoms with Crippen LogP contribution in [0.5, 0.6) is 0 Å². The number of carbonyl (C=O) groups is 2. The highest BCUT2D eigenvalue weighted by atomic mass is 32.1. The van der Waals surface area contributed by atoms with Crippen molar-refractivity contribution >= 4 is 22.9 Å². The van der Waals surface area contributed by atoms with Crippen LogP contribution < -0.4 is 0 Å². The highest BCUT2D eigenvalue weighted by Gasteiger charge is 2.15. The van der Waals surface area contributed by atoms with Gasteiger partial charge in [0.1, 0.15) is 0 Å². The summed E-state index contributed by atoms with van der Waals surface area (Å²) in [5, 5.41) is 1.88. The topological polar surface area (TPSA) is 34.1 Å². The van der Waals surface area contributed by atoms with E-state index in [2.05, 4.69) is 6.07 Å². The van der Waals surface area contributed by atoms with Crippen LogP contribution in [0.25, 0.3) is 0 Å². The van der Waals surface area contributed by atoms with Gasteiger partial charge in [-0.1, -0.05) is 18.2 Å². The Balaban J connectivity index is 1.63. The fraction of sp³-hybridized carbons (Fsp3) is 0.294. The van der Waals surface area contributed by atoms with Crippen LogP contribution in [0.3, 0.4) is 0 Å². The molecule has 1 aliphatic carbocycles. The minimum atomic E-state index is 0.0644. The summed E-state index contributed by atoms with van der Waals surface area (Å²) in [5.74, 6) is 0.138. The summed E-state index contributed by atoms with van der Waals surface area (Å²) in [6.07, 6.45) is 3.99. The van der Waals surface area contributed by atoms with Crippen molar-refractivity contribution in [3.63, 3.8) is 0 Å². The molecular weight excluding hydrogens is 268 g/mol. The van der Waals surface area contributed by atoms with Gasteiger partial charge in [-0.15, -0.1) is 11.3 Å². The fourth-order valence-corrected chi connectivity index (χ4v) is 3.37. The Labute approximate surface area is 122 Å². The first-order chi connectivity index (χ1) is 9.74. The molecule has 0 amide bonds. The lowest BCUT2D eigenvalue weighted by atomic mass is 10.0. The molecule has 1 aromatic heterocycles. The minimum absolute atomic E-state index is 0.0644. The first kappa shape index (κ1) is 13.3. The largest absolute Gasteiger partial charge is 0.294 e. The van der Waals surface area contributed by atoms with Crippen molar-refractivity contribution in [2.75, 3.05) is 0 Å². The molecule has 3 rings (SSSR count). The van der Waals surface area contributed by atoms with E-state index in [4.69, 9.17) is 0 Å². The molecule has 1 aromatic carbocycles. The number of benzene rings is 1. The summed E-state index contributed by atoms with van der Waals surface area (Å²) in [4.78, 5) is 24.8. The van der Waals surface area contributed by atoms with E-state index in [9.17, 15) is 9.59 Å². The van der Waals surface area contributed by atoms with Gasteiger partial charge >= 0.3 is 0 Å². The van der Waals surface area contributed by atoms with Gasteiger partial charge in [0.25, 0.3) is 0 Å². The number of Topliss-reactive ketones (excluding diaryl/α,β-unsaturated/α-hetero) is 2. The lowest BCUT2D eigenvalue weighted by Crippen LogP contribution is -2.04. The van der Waals surface area contributed by atoms with Crippen LogP contribution in [-0.4, -0.2) is 11.6 Å². The zero-order valence-corrected chi connectivity index (χ0v) is 12.0. The van der Waals surface area contributed by atoms with Crippen LogP contribution in [0.4, 0.5) is 0 Å². The third-order valence-electron chi connectivity index (χ3n) is 3.80. The summed E-state index contributed by atoms with van der Waals surface area (Å²) < 4.78 is 0. The average molecular weight is 284 g/mol. The van der Waals surface area contributed by atoms with Crippen molar-refractivity contribution in [1.29, 1.82) is 0 Å². The number of thiophene rings is 1. The smallest absolute Gasteiger partial charge is 0.173 e. The molecule has 2 aromatic rings. The number of fused-ring (bicyclic) bond motifs is 1. The summed E-state index contributed by atoms with van der Waals surface area (Å²) in [7, 11) is 0. The molecule has 0 bridgehead atoms. The van der Waals surface area contributed by atoms with E-state index in [1.807, 2.05) is 29.6 Å². The molecule has 0 aliphatic heterocycles. The molecule has 0 atom stereocenters. The molecule has 20 heavy (non-hydrogen) atoms. The molecule has 102 valence electrons. The van der Waals surface area contributed by atoms with Gasteiger partial charge in [-0.3, -0.25) is 9.59 Å². The van der Waals surface area contributed by atoms with Crippen LogP contribution in [0.15, 0.2) is 35.7 Å². The Morgan fingerprint density at radius 3 is 2.60 bits per heavy atom. The second-order valence-corrected chi connectivity index (χ2v) is 6.11. The van der Waals surface area contributed by atoms with Gasteiger partial charge < -0.3 is 0 Å². The Bertz CT molecular complexity index is 641. The van der Waals surface area contributed by atoms with Gasteiger partial charge in [0.2, 0.25) is 0 Å². The molecule has 0 saturated heterocycles. The lowest BCUT2D eigenvalue weighted by molar-refractivity contribution is 0.0919. The van der Waals surface area contributed by atoms with Crippen molar-refractivity contribution < 1.29 is 9.59 Å². The van der Waals surface area contributed by atoms with E-state index in [1.165, 1.54) is 28.9 Å². The maximum atomic E-state index is 12.2. The molecule has 0 spiro atoms. The molecule has 0 fully saturated rings. The maximum absolute atomic E-state index is 12.2. The standard InChI is InChI=1S/C17H16O2S/c18-15(8-9-16(19)17-5-2-10-20-17)14-7-6-12-3-1-4-13(12)11-14/h2,5-7,10-11H,1,3-4,8-9H2. The van der Waals surface area contributed by atoms with Crippen molar-refractivity contribution in [3.05, 3.63) is 57.3 Å². The lowest BCUT2D eigenvalue weighted by Gasteiger charge is -2.04. The molecular formula is C17H16O2S. The van der Waals surface area contributed by atoms with Gasteiger partial charge in [0, 0.05) is 18.4 Å². The van der Waals surface area contributed by atoms with Crippen LogP contribution in [0.2, 0.25) is 0 Å². The number of hydrogen-bond acceptors (Lipinski definition) is 3. The third kappa shape index (κ3) is 2.73. The average Bonchev–Trinajstić information content (AvgIpc) is 3.13. The van der Waals surface area contributed by atoms with E-state index >= 15 is 0 Å². The highest BCUT2D eigenvalue weighted by Crippen LogP contribution is 2.23. The van der Waals surface area contributed by atoms with E-state index in [1.54, 1.807) is 0 Å². The van der Waals surface area contributed by atoms with Crippen LogP contribution in [0.1, 0.15) is 50.4 Å². The second kappa shape index (κ2) is 5.71. The summed E-state index contributed by atoms with van der Waals surface area (Å²) >= 11 is 1.43. The summed E-state index contributed by atoms with van der Waals surface area (Å²) in [5.41, 5.74) is 3.43. The summed E-state index contributed by atoms with van der Waals surface area (Å²) in [6.45, 7) is 0. The molecule has 3 heteroatoms. The van der Waals surface area contributed by atoms with Crippen LogP contribution in [0, 0.1) is 0 Å². The Morgan fingerprint density at radius 1 is 1.00 bits per heavy atom. The van der Waals surface area contributed by atoms with Crippen molar-refractivity contribution in [3.8, 4) is 0 Å². The Hall–Kier alpha value is -1.74. The molecule has 0 saturated carbocycles. The highest BCUT2D eigenvalue weighted by molar-refractivity contribution is 7.12. The van der Waals surface area contributed by atoms with E-state index in [0.717, 1.165) is 23.3 Å². The van der Waals surface area contributed by atoms with Gasteiger partial charge in [-0.25, -0.2) is 0 Å². The second-order valence-electron chi connectivity index (χ2n) is 5.16. The maximum Gasteiger partial charge on any atom is 0.173 e. The zero-order chi connectivity index (χ0) is 13.9. The number of aryl methyl sites for hydroxylation is 2. The predicted octanol–water partition coefficient (Wildman–Crippen LogP) is 4.08. The van der Waals surface area contributed by atoms with Gasteiger partial charge in [-0.2, -0.15) is 0 Å².